The van der Waals surface area contributed by atoms with Crippen LogP contribution in [-0.4, -0.2) is 32.3 Å². The zero-order chi connectivity index (χ0) is 14.5. The smallest absolute Gasteiger partial charge is 0.318 e. The van der Waals surface area contributed by atoms with E-state index in [1.165, 1.54) is 0 Å². The molecule has 0 aliphatic carbocycles. The first kappa shape index (κ1) is 14.2. The molecule has 20 heavy (non-hydrogen) atoms. The SMILES string of the molecule is CCCC(C(=O)OCC)c1nc(-c2cncn2C)no1. The lowest BCUT2D eigenvalue weighted by Crippen LogP contribution is -2.16. The third-order valence-corrected chi connectivity index (χ3v) is 2.93. The first-order chi connectivity index (χ1) is 9.67. The predicted octanol–water partition coefficient (Wildman–Crippen LogP) is 1.92. The third-order valence-electron chi connectivity index (χ3n) is 2.93. The van der Waals surface area contributed by atoms with E-state index in [4.69, 9.17) is 9.26 Å². The van der Waals surface area contributed by atoms with Crippen LogP contribution in [0.25, 0.3) is 11.5 Å². The van der Waals surface area contributed by atoms with E-state index < -0.39 is 5.92 Å². The maximum absolute atomic E-state index is 11.9. The van der Waals surface area contributed by atoms with Gasteiger partial charge < -0.3 is 13.8 Å². The summed E-state index contributed by atoms with van der Waals surface area (Å²) >= 11 is 0. The molecule has 0 fully saturated rings. The van der Waals surface area contributed by atoms with E-state index in [1.807, 2.05) is 14.0 Å². The highest BCUT2D eigenvalue weighted by molar-refractivity contribution is 5.76. The number of esters is 1. The minimum Gasteiger partial charge on any atom is -0.465 e. The van der Waals surface area contributed by atoms with Crippen LogP contribution in [0.3, 0.4) is 0 Å². The minimum atomic E-state index is -0.505. The lowest BCUT2D eigenvalue weighted by molar-refractivity contribution is -0.145. The Balaban J connectivity index is 2.25. The van der Waals surface area contributed by atoms with E-state index in [9.17, 15) is 4.79 Å². The quantitative estimate of drug-likeness (QED) is 0.751. The molecule has 2 aromatic rings. The highest BCUT2D eigenvalue weighted by Gasteiger charge is 2.27. The van der Waals surface area contributed by atoms with Crippen molar-refractivity contribution in [2.45, 2.75) is 32.6 Å². The Morgan fingerprint density at radius 3 is 2.90 bits per heavy atom. The number of ether oxygens (including phenoxy) is 1. The molecule has 1 atom stereocenters. The van der Waals surface area contributed by atoms with Crippen molar-refractivity contribution in [2.75, 3.05) is 6.61 Å². The summed E-state index contributed by atoms with van der Waals surface area (Å²) in [4.78, 5) is 20.2. The monoisotopic (exact) mass is 278 g/mol. The van der Waals surface area contributed by atoms with Gasteiger partial charge in [0.15, 0.2) is 0 Å². The van der Waals surface area contributed by atoms with Gasteiger partial charge in [-0.05, 0) is 13.3 Å². The summed E-state index contributed by atoms with van der Waals surface area (Å²) in [6.45, 7) is 4.10. The Labute approximate surface area is 117 Å². The Hall–Kier alpha value is -2.18. The van der Waals surface area contributed by atoms with Gasteiger partial charge in [-0.2, -0.15) is 4.98 Å². The molecule has 0 aliphatic rings. The average Bonchev–Trinajstić information content (AvgIpc) is 3.04. The zero-order valence-corrected chi connectivity index (χ0v) is 11.9. The van der Waals surface area contributed by atoms with Crippen molar-refractivity contribution in [3.8, 4) is 11.5 Å². The fraction of sp³-hybridized carbons (Fsp3) is 0.538. The molecule has 0 saturated carbocycles. The minimum absolute atomic E-state index is 0.293. The molecule has 7 heteroatoms. The maximum Gasteiger partial charge on any atom is 0.318 e. The van der Waals surface area contributed by atoms with Crippen LogP contribution in [0, 0.1) is 0 Å². The third kappa shape index (κ3) is 2.87. The molecule has 0 bridgehead atoms. The Kier molecular flexibility index (Phi) is 4.49. The molecule has 0 spiro atoms. The van der Waals surface area contributed by atoms with Crippen LogP contribution in [0.4, 0.5) is 0 Å². The molecule has 0 N–H and O–H groups in total. The second-order valence-corrected chi connectivity index (χ2v) is 4.44. The largest absolute Gasteiger partial charge is 0.465 e. The highest BCUT2D eigenvalue weighted by Crippen LogP contribution is 2.24. The van der Waals surface area contributed by atoms with Gasteiger partial charge in [-0.1, -0.05) is 18.5 Å². The van der Waals surface area contributed by atoms with E-state index >= 15 is 0 Å². The fourth-order valence-electron chi connectivity index (χ4n) is 1.93. The van der Waals surface area contributed by atoms with Gasteiger partial charge in [0.25, 0.3) is 0 Å². The number of aryl methyl sites for hydroxylation is 1. The van der Waals surface area contributed by atoms with Crippen LogP contribution >= 0.6 is 0 Å². The molecule has 0 aliphatic heterocycles. The highest BCUT2D eigenvalue weighted by atomic mass is 16.5. The van der Waals surface area contributed by atoms with Crippen molar-refractivity contribution in [3.05, 3.63) is 18.4 Å². The molecule has 0 aromatic carbocycles. The van der Waals surface area contributed by atoms with E-state index in [0.29, 0.717) is 24.7 Å². The number of imidazole rings is 1. The van der Waals surface area contributed by atoms with Crippen LogP contribution in [-0.2, 0) is 16.6 Å². The number of carbonyl (C=O) groups excluding carboxylic acids is 1. The topological polar surface area (TPSA) is 83.0 Å². The molecule has 0 saturated heterocycles. The summed E-state index contributed by atoms with van der Waals surface area (Å²) in [5, 5.41) is 3.91. The van der Waals surface area contributed by atoms with Gasteiger partial charge in [0, 0.05) is 7.05 Å². The zero-order valence-electron chi connectivity index (χ0n) is 11.9. The van der Waals surface area contributed by atoms with Gasteiger partial charge in [-0.15, -0.1) is 0 Å². The van der Waals surface area contributed by atoms with E-state index in [1.54, 1.807) is 24.0 Å². The molecular formula is C13H18N4O3. The van der Waals surface area contributed by atoms with Gasteiger partial charge in [0.2, 0.25) is 11.7 Å². The fourth-order valence-corrected chi connectivity index (χ4v) is 1.93. The Bertz CT molecular complexity index is 576. The second kappa shape index (κ2) is 6.31. The van der Waals surface area contributed by atoms with Crippen LogP contribution in [0.5, 0.6) is 0 Å². The van der Waals surface area contributed by atoms with Gasteiger partial charge >= 0.3 is 5.97 Å². The maximum atomic E-state index is 11.9. The molecule has 7 nitrogen and oxygen atoms in total. The van der Waals surface area contributed by atoms with Crippen LogP contribution < -0.4 is 0 Å². The Morgan fingerprint density at radius 2 is 2.30 bits per heavy atom. The molecule has 2 heterocycles. The predicted molar refractivity (Wildman–Crippen MR) is 70.8 cm³/mol. The summed E-state index contributed by atoms with van der Waals surface area (Å²) in [6.07, 6.45) is 4.74. The normalized spacial score (nSPS) is 12.3. The molecule has 108 valence electrons. The molecule has 2 rings (SSSR count). The lowest BCUT2D eigenvalue weighted by atomic mass is 10.0. The summed E-state index contributed by atoms with van der Waals surface area (Å²) in [6, 6.07) is 0. The van der Waals surface area contributed by atoms with E-state index in [-0.39, 0.29) is 5.97 Å². The van der Waals surface area contributed by atoms with Crippen molar-refractivity contribution in [1.29, 1.82) is 0 Å². The number of hydrogen-bond acceptors (Lipinski definition) is 6. The Morgan fingerprint density at radius 1 is 1.50 bits per heavy atom. The number of aromatic nitrogens is 4. The van der Waals surface area contributed by atoms with Crippen LogP contribution in [0.2, 0.25) is 0 Å². The van der Waals surface area contributed by atoms with Gasteiger partial charge in [0.05, 0.1) is 19.1 Å². The first-order valence-corrected chi connectivity index (χ1v) is 6.64. The lowest BCUT2D eigenvalue weighted by Gasteiger charge is -2.09. The summed E-state index contributed by atoms with van der Waals surface area (Å²) in [5.41, 5.74) is 0.735. The molecule has 2 aromatic heterocycles. The standard InChI is InChI=1S/C13H18N4O3/c1-4-6-9(13(18)19-5-2)12-15-11(16-20-12)10-7-14-8-17(10)3/h7-9H,4-6H2,1-3H3. The van der Waals surface area contributed by atoms with E-state index in [0.717, 1.165) is 12.1 Å². The summed E-state index contributed by atoms with van der Waals surface area (Å²) < 4.78 is 12.1. The summed E-state index contributed by atoms with van der Waals surface area (Å²) in [7, 11) is 1.84. The van der Waals surface area contributed by atoms with Crippen molar-refractivity contribution < 1.29 is 14.1 Å². The number of carbonyl (C=O) groups is 1. The molecule has 0 radical (unpaired) electrons. The molecular weight excluding hydrogens is 260 g/mol. The van der Waals surface area contributed by atoms with E-state index in [2.05, 4.69) is 15.1 Å². The molecule has 1 unspecified atom stereocenters. The van der Waals surface area contributed by atoms with Crippen molar-refractivity contribution >= 4 is 5.97 Å². The average molecular weight is 278 g/mol. The number of hydrogen-bond donors (Lipinski definition) is 0. The van der Waals surface area contributed by atoms with Gasteiger partial charge in [-0.25, -0.2) is 4.98 Å². The first-order valence-electron chi connectivity index (χ1n) is 6.64. The van der Waals surface area contributed by atoms with Crippen molar-refractivity contribution in [2.24, 2.45) is 7.05 Å². The van der Waals surface area contributed by atoms with Gasteiger partial charge in [0.1, 0.15) is 11.6 Å². The summed E-state index contributed by atoms with van der Waals surface area (Å²) in [5.74, 6) is -0.115. The number of nitrogens with zero attached hydrogens (tertiary/aromatic N) is 4. The van der Waals surface area contributed by atoms with Gasteiger partial charge in [-0.3, -0.25) is 4.79 Å². The van der Waals surface area contributed by atoms with Crippen molar-refractivity contribution in [1.82, 2.24) is 19.7 Å². The second-order valence-electron chi connectivity index (χ2n) is 4.44. The van der Waals surface area contributed by atoms with Crippen molar-refractivity contribution in [3.63, 3.8) is 0 Å². The van der Waals surface area contributed by atoms with Crippen LogP contribution in [0.15, 0.2) is 17.0 Å². The number of rotatable bonds is 6. The van der Waals surface area contributed by atoms with Crippen LogP contribution in [0.1, 0.15) is 38.5 Å². The molecule has 0 amide bonds.